The summed E-state index contributed by atoms with van der Waals surface area (Å²) in [6.45, 7) is 6.77. The Morgan fingerprint density at radius 3 is 2.68 bits per heavy atom. The second-order valence-electron chi connectivity index (χ2n) is 6.71. The first kappa shape index (κ1) is 17.1. The number of carbonyl (C=O) groups excluding carboxylic acids is 1. The minimum atomic E-state index is -0.281. The molecule has 0 bridgehead atoms. The third-order valence-electron chi connectivity index (χ3n) is 3.49. The number of nitrogens with zero attached hydrogens (tertiary/aromatic N) is 1. The smallest absolute Gasteiger partial charge is 0.148 e. The summed E-state index contributed by atoms with van der Waals surface area (Å²) in [5.41, 5.74) is 1.73. The van der Waals surface area contributed by atoms with E-state index in [1.54, 1.807) is 5.06 Å². The molecule has 2 rings (SSSR count). The van der Waals surface area contributed by atoms with Gasteiger partial charge >= 0.3 is 0 Å². The molecule has 1 saturated heterocycles. The number of piperidine rings is 1. The SMILES string of the molecule is CC(C)(C)ON1CCC(CSCc2ccccc2)CC1=C=O. The topological polar surface area (TPSA) is 29.5 Å². The van der Waals surface area contributed by atoms with Gasteiger partial charge in [0.05, 0.1) is 5.60 Å². The van der Waals surface area contributed by atoms with Crippen LogP contribution in [0.15, 0.2) is 36.0 Å². The van der Waals surface area contributed by atoms with Crippen LogP contribution in [0, 0.1) is 5.92 Å². The molecule has 1 fully saturated rings. The molecule has 1 aromatic rings. The average Bonchev–Trinajstić information content (AvgIpc) is 2.48. The third kappa shape index (κ3) is 5.53. The van der Waals surface area contributed by atoms with Gasteiger partial charge in [-0.1, -0.05) is 30.3 Å². The number of benzene rings is 1. The highest BCUT2D eigenvalue weighted by molar-refractivity contribution is 7.98. The Hall–Kier alpha value is -1.22. The van der Waals surface area contributed by atoms with Gasteiger partial charge in [0.2, 0.25) is 0 Å². The molecule has 1 unspecified atom stereocenters. The number of rotatable bonds is 5. The van der Waals surface area contributed by atoms with Crippen LogP contribution in [0.2, 0.25) is 0 Å². The highest BCUT2D eigenvalue weighted by atomic mass is 32.2. The van der Waals surface area contributed by atoms with E-state index in [1.807, 2.05) is 38.6 Å². The van der Waals surface area contributed by atoms with E-state index in [9.17, 15) is 4.79 Å². The molecule has 0 amide bonds. The van der Waals surface area contributed by atoms with Crippen LogP contribution in [0.5, 0.6) is 0 Å². The minimum absolute atomic E-state index is 0.281. The second kappa shape index (κ2) is 7.87. The Balaban J connectivity index is 1.80. The molecule has 1 aromatic carbocycles. The number of hydroxylamine groups is 2. The van der Waals surface area contributed by atoms with Crippen LogP contribution in [-0.2, 0) is 15.4 Å². The molecule has 1 atom stereocenters. The zero-order valence-corrected chi connectivity index (χ0v) is 14.5. The Morgan fingerprint density at radius 1 is 1.32 bits per heavy atom. The molecule has 1 aliphatic rings. The van der Waals surface area contributed by atoms with Gasteiger partial charge in [-0.15, -0.1) is 0 Å². The van der Waals surface area contributed by atoms with E-state index < -0.39 is 0 Å². The maximum absolute atomic E-state index is 11.2. The van der Waals surface area contributed by atoms with Crippen LogP contribution in [0.3, 0.4) is 0 Å². The standard InChI is InChI=1S/C18H25NO2S/c1-18(2,3)21-19-10-9-16(11-17(19)12-20)14-22-13-15-7-5-4-6-8-15/h4-8,16H,9-11,13-14H2,1-3H3. The van der Waals surface area contributed by atoms with Gasteiger partial charge in [-0.2, -0.15) is 11.8 Å². The maximum Gasteiger partial charge on any atom is 0.148 e. The van der Waals surface area contributed by atoms with E-state index in [4.69, 9.17) is 4.84 Å². The van der Waals surface area contributed by atoms with E-state index >= 15 is 0 Å². The molecule has 1 aliphatic heterocycles. The molecule has 0 N–H and O–H groups in total. The fourth-order valence-corrected chi connectivity index (χ4v) is 3.66. The van der Waals surface area contributed by atoms with Crippen molar-refractivity contribution in [3.8, 4) is 0 Å². The van der Waals surface area contributed by atoms with E-state index in [2.05, 4.69) is 30.2 Å². The van der Waals surface area contributed by atoms with Crippen molar-refractivity contribution in [2.75, 3.05) is 12.3 Å². The van der Waals surface area contributed by atoms with Gasteiger partial charge in [0.25, 0.3) is 0 Å². The summed E-state index contributed by atoms with van der Waals surface area (Å²) in [7, 11) is 0. The van der Waals surface area contributed by atoms with Crippen molar-refractivity contribution < 1.29 is 9.63 Å². The Bertz CT molecular complexity index is 518. The van der Waals surface area contributed by atoms with Gasteiger partial charge in [0, 0.05) is 18.7 Å². The van der Waals surface area contributed by atoms with Crippen molar-refractivity contribution in [2.24, 2.45) is 5.92 Å². The van der Waals surface area contributed by atoms with E-state index in [-0.39, 0.29) is 5.60 Å². The lowest BCUT2D eigenvalue weighted by Gasteiger charge is -2.36. The van der Waals surface area contributed by atoms with Gasteiger partial charge in [-0.05, 0) is 44.4 Å². The normalized spacial score (nSPS) is 19.1. The molecular weight excluding hydrogens is 294 g/mol. The van der Waals surface area contributed by atoms with E-state index in [0.29, 0.717) is 11.6 Å². The molecular formula is C18H25NO2S. The first-order valence-corrected chi connectivity index (χ1v) is 8.96. The third-order valence-corrected chi connectivity index (χ3v) is 4.74. The average molecular weight is 319 g/mol. The first-order chi connectivity index (χ1) is 10.5. The molecule has 0 saturated carbocycles. The molecule has 0 aromatic heterocycles. The lowest BCUT2D eigenvalue weighted by molar-refractivity contribution is -0.215. The molecule has 4 heteroatoms. The fraction of sp³-hybridized carbons (Fsp3) is 0.556. The number of thioether (sulfide) groups is 1. The molecule has 0 aliphatic carbocycles. The highest BCUT2D eigenvalue weighted by Gasteiger charge is 2.27. The second-order valence-corrected chi connectivity index (χ2v) is 7.74. The Labute approximate surface area is 137 Å². The quantitative estimate of drug-likeness (QED) is 0.765. The minimum Gasteiger partial charge on any atom is -0.267 e. The lowest BCUT2D eigenvalue weighted by Crippen LogP contribution is -2.38. The first-order valence-electron chi connectivity index (χ1n) is 7.80. The molecule has 120 valence electrons. The fourth-order valence-electron chi connectivity index (χ4n) is 2.50. The summed E-state index contributed by atoms with van der Waals surface area (Å²) < 4.78 is 0. The maximum atomic E-state index is 11.2. The molecule has 1 heterocycles. The van der Waals surface area contributed by atoms with E-state index in [0.717, 1.165) is 30.9 Å². The van der Waals surface area contributed by atoms with Crippen LogP contribution in [-0.4, -0.2) is 28.9 Å². The summed E-state index contributed by atoms with van der Waals surface area (Å²) in [6.07, 6.45) is 1.82. The van der Waals surface area contributed by atoms with Crippen molar-refractivity contribution in [2.45, 2.75) is 45.0 Å². The summed E-state index contributed by atoms with van der Waals surface area (Å²) in [5.74, 6) is 4.71. The van der Waals surface area contributed by atoms with Crippen LogP contribution >= 0.6 is 11.8 Å². The predicted octanol–water partition coefficient (Wildman–Crippen LogP) is 4.08. The zero-order valence-electron chi connectivity index (χ0n) is 13.7. The van der Waals surface area contributed by atoms with Crippen molar-refractivity contribution in [1.29, 1.82) is 0 Å². The lowest BCUT2D eigenvalue weighted by atomic mass is 9.98. The van der Waals surface area contributed by atoms with E-state index in [1.165, 1.54) is 5.56 Å². The predicted molar refractivity (Wildman–Crippen MR) is 92.1 cm³/mol. The van der Waals surface area contributed by atoms with Gasteiger partial charge in [-0.25, -0.2) is 9.86 Å². The van der Waals surface area contributed by atoms with Gasteiger partial charge < -0.3 is 0 Å². The molecule has 22 heavy (non-hydrogen) atoms. The number of hydrogen-bond donors (Lipinski definition) is 0. The van der Waals surface area contributed by atoms with Crippen LogP contribution in [0.1, 0.15) is 39.2 Å². The molecule has 3 nitrogen and oxygen atoms in total. The van der Waals surface area contributed by atoms with Crippen LogP contribution in [0.4, 0.5) is 0 Å². The van der Waals surface area contributed by atoms with Crippen molar-refractivity contribution in [3.05, 3.63) is 41.6 Å². The monoisotopic (exact) mass is 319 g/mol. The zero-order chi connectivity index (χ0) is 16.0. The highest BCUT2D eigenvalue weighted by Crippen LogP contribution is 2.30. The van der Waals surface area contributed by atoms with Gasteiger partial charge in [0.15, 0.2) is 0 Å². The largest absolute Gasteiger partial charge is 0.267 e. The van der Waals surface area contributed by atoms with Gasteiger partial charge in [-0.3, -0.25) is 4.84 Å². The summed E-state index contributed by atoms with van der Waals surface area (Å²) in [6, 6.07) is 10.5. The summed E-state index contributed by atoms with van der Waals surface area (Å²) in [5, 5.41) is 1.74. The number of allylic oxidation sites excluding steroid dienone is 1. The van der Waals surface area contributed by atoms with Crippen molar-refractivity contribution in [3.63, 3.8) is 0 Å². The Kier molecular flexibility index (Phi) is 6.13. The Morgan fingerprint density at radius 2 is 2.05 bits per heavy atom. The van der Waals surface area contributed by atoms with Crippen molar-refractivity contribution >= 4 is 17.7 Å². The van der Waals surface area contributed by atoms with Crippen molar-refractivity contribution in [1.82, 2.24) is 5.06 Å². The summed E-state index contributed by atoms with van der Waals surface area (Å²) >= 11 is 1.94. The molecule has 0 spiro atoms. The number of hydrogen-bond acceptors (Lipinski definition) is 4. The van der Waals surface area contributed by atoms with Crippen LogP contribution in [0.25, 0.3) is 0 Å². The van der Waals surface area contributed by atoms with Crippen LogP contribution < -0.4 is 0 Å². The van der Waals surface area contributed by atoms with Gasteiger partial charge in [0.1, 0.15) is 11.6 Å². The molecule has 0 radical (unpaired) electrons. The summed E-state index contributed by atoms with van der Waals surface area (Å²) in [4.78, 5) is 17.0.